The van der Waals surface area contributed by atoms with Gasteiger partial charge in [0.2, 0.25) is 0 Å². The Bertz CT molecular complexity index is 206. The molecule has 0 aliphatic carbocycles. The van der Waals surface area contributed by atoms with Gasteiger partial charge in [0.15, 0.2) is 0 Å². The van der Waals surface area contributed by atoms with E-state index in [0.717, 1.165) is 6.42 Å². The predicted octanol–water partition coefficient (Wildman–Crippen LogP) is 2.82. The normalized spacial score (nSPS) is 13.2. The molecule has 0 N–H and O–H groups in total. The molecule has 0 aromatic heterocycles. The summed E-state index contributed by atoms with van der Waals surface area (Å²) in [5, 5.41) is 0. The topological polar surface area (TPSA) is 29.5 Å². The number of carbonyl (C=O) groups excluding carboxylic acids is 1. The molecular formula is C11H21NO2. The zero-order valence-corrected chi connectivity index (χ0v) is 9.83. The molecule has 0 saturated carbocycles. The van der Waals surface area contributed by atoms with E-state index in [9.17, 15) is 4.79 Å². The van der Waals surface area contributed by atoms with E-state index in [2.05, 4.69) is 6.58 Å². The molecule has 0 unspecified atom stereocenters. The Kier molecular flexibility index (Phi) is 4.68. The summed E-state index contributed by atoms with van der Waals surface area (Å²) in [4.78, 5) is 13.1. The quantitative estimate of drug-likeness (QED) is 0.654. The smallest absolute Gasteiger partial charge is 0.410 e. The van der Waals surface area contributed by atoms with Crippen molar-refractivity contribution < 1.29 is 9.53 Å². The molecular weight excluding hydrogens is 178 g/mol. The highest BCUT2D eigenvalue weighted by molar-refractivity contribution is 5.68. The van der Waals surface area contributed by atoms with Gasteiger partial charge in [0.1, 0.15) is 5.60 Å². The van der Waals surface area contributed by atoms with E-state index in [-0.39, 0.29) is 12.1 Å². The molecule has 0 saturated heterocycles. The van der Waals surface area contributed by atoms with Gasteiger partial charge < -0.3 is 9.64 Å². The first kappa shape index (κ1) is 13.0. The van der Waals surface area contributed by atoms with Crippen LogP contribution in [0.1, 0.15) is 34.1 Å². The summed E-state index contributed by atoms with van der Waals surface area (Å²) in [6.45, 7) is 11.2. The van der Waals surface area contributed by atoms with Crippen molar-refractivity contribution >= 4 is 6.09 Å². The number of amides is 1. The van der Waals surface area contributed by atoms with Gasteiger partial charge in [-0.25, -0.2) is 4.79 Å². The minimum Gasteiger partial charge on any atom is -0.444 e. The van der Waals surface area contributed by atoms with Crippen LogP contribution in [0.4, 0.5) is 4.79 Å². The van der Waals surface area contributed by atoms with E-state index in [1.165, 1.54) is 0 Å². The monoisotopic (exact) mass is 199 g/mol. The summed E-state index contributed by atoms with van der Waals surface area (Å²) in [6, 6.07) is 0.127. The lowest BCUT2D eigenvalue weighted by molar-refractivity contribution is 0.0238. The van der Waals surface area contributed by atoms with Gasteiger partial charge >= 0.3 is 6.09 Å². The number of rotatable bonds is 3. The molecule has 82 valence electrons. The van der Waals surface area contributed by atoms with E-state index in [1.807, 2.05) is 27.7 Å². The zero-order valence-electron chi connectivity index (χ0n) is 9.83. The fraction of sp³-hybridized carbons (Fsp3) is 0.727. The minimum atomic E-state index is -0.431. The summed E-state index contributed by atoms with van der Waals surface area (Å²) in [7, 11) is 1.74. The molecule has 1 atom stereocenters. The maximum atomic E-state index is 11.5. The summed E-state index contributed by atoms with van der Waals surface area (Å²) in [6.07, 6.45) is 2.29. The molecule has 3 heteroatoms. The zero-order chi connectivity index (χ0) is 11.4. The average molecular weight is 199 g/mol. The second kappa shape index (κ2) is 5.03. The molecule has 0 aromatic rings. The van der Waals surface area contributed by atoms with Crippen molar-refractivity contribution in [3.05, 3.63) is 12.7 Å². The Labute approximate surface area is 86.7 Å². The number of hydrogen-bond donors (Lipinski definition) is 0. The molecule has 0 rings (SSSR count). The molecule has 0 aromatic carbocycles. The fourth-order valence-corrected chi connectivity index (χ4v) is 0.913. The van der Waals surface area contributed by atoms with Gasteiger partial charge in [-0.05, 0) is 34.1 Å². The van der Waals surface area contributed by atoms with E-state index in [4.69, 9.17) is 4.74 Å². The third-order valence-electron chi connectivity index (χ3n) is 1.85. The third kappa shape index (κ3) is 4.90. The highest BCUT2D eigenvalue weighted by Crippen LogP contribution is 2.11. The summed E-state index contributed by atoms with van der Waals surface area (Å²) in [5.41, 5.74) is -0.431. The number of hydrogen-bond acceptors (Lipinski definition) is 2. The van der Waals surface area contributed by atoms with Crippen molar-refractivity contribution in [2.75, 3.05) is 7.05 Å². The number of ether oxygens (including phenoxy) is 1. The fourth-order valence-electron chi connectivity index (χ4n) is 0.913. The van der Waals surface area contributed by atoms with Crippen LogP contribution in [0.25, 0.3) is 0 Å². The first-order valence-electron chi connectivity index (χ1n) is 4.84. The van der Waals surface area contributed by atoms with Gasteiger partial charge in [-0.1, -0.05) is 6.08 Å². The van der Waals surface area contributed by atoms with Crippen LogP contribution in [0.15, 0.2) is 12.7 Å². The Hall–Kier alpha value is -0.990. The lowest BCUT2D eigenvalue weighted by atomic mass is 10.2. The van der Waals surface area contributed by atoms with Crippen molar-refractivity contribution in [3.63, 3.8) is 0 Å². The van der Waals surface area contributed by atoms with Crippen LogP contribution >= 0.6 is 0 Å². The third-order valence-corrected chi connectivity index (χ3v) is 1.85. The van der Waals surface area contributed by atoms with Crippen LogP contribution in [0.2, 0.25) is 0 Å². The van der Waals surface area contributed by atoms with Gasteiger partial charge in [-0.15, -0.1) is 6.58 Å². The molecule has 3 nitrogen and oxygen atoms in total. The Morgan fingerprint density at radius 3 is 2.43 bits per heavy atom. The largest absolute Gasteiger partial charge is 0.444 e. The van der Waals surface area contributed by atoms with Crippen molar-refractivity contribution in [2.24, 2.45) is 0 Å². The van der Waals surface area contributed by atoms with Crippen LogP contribution in [0, 0.1) is 0 Å². The molecule has 1 amide bonds. The lowest BCUT2D eigenvalue weighted by Gasteiger charge is -2.28. The van der Waals surface area contributed by atoms with E-state index in [0.29, 0.717) is 0 Å². The average Bonchev–Trinajstić information content (AvgIpc) is 2.00. The summed E-state index contributed by atoms with van der Waals surface area (Å²) >= 11 is 0. The van der Waals surface area contributed by atoms with Gasteiger partial charge in [-0.2, -0.15) is 0 Å². The predicted molar refractivity (Wildman–Crippen MR) is 58.3 cm³/mol. The number of carbonyl (C=O) groups is 1. The Morgan fingerprint density at radius 2 is 2.07 bits per heavy atom. The molecule has 14 heavy (non-hydrogen) atoms. The van der Waals surface area contributed by atoms with Crippen molar-refractivity contribution in [2.45, 2.75) is 45.8 Å². The van der Waals surface area contributed by atoms with Gasteiger partial charge in [0.05, 0.1) is 0 Å². The van der Waals surface area contributed by atoms with E-state index < -0.39 is 5.60 Å². The molecule has 0 spiro atoms. The maximum absolute atomic E-state index is 11.5. The standard InChI is InChI=1S/C11H21NO2/c1-7-8-9(2)12(6)10(13)14-11(3,4)5/h7,9H,1,8H2,2-6H3/t9-/m0/s1. The Morgan fingerprint density at radius 1 is 1.57 bits per heavy atom. The van der Waals surface area contributed by atoms with Gasteiger partial charge in [0, 0.05) is 13.1 Å². The second-order valence-corrected chi connectivity index (χ2v) is 4.46. The maximum Gasteiger partial charge on any atom is 0.410 e. The molecule has 0 bridgehead atoms. The van der Waals surface area contributed by atoms with Crippen LogP contribution in [-0.4, -0.2) is 29.7 Å². The van der Waals surface area contributed by atoms with Crippen LogP contribution < -0.4 is 0 Å². The Balaban J connectivity index is 4.18. The molecule has 0 radical (unpaired) electrons. The first-order valence-corrected chi connectivity index (χ1v) is 4.84. The van der Waals surface area contributed by atoms with Gasteiger partial charge in [0.25, 0.3) is 0 Å². The van der Waals surface area contributed by atoms with Gasteiger partial charge in [-0.3, -0.25) is 0 Å². The molecule has 0 fully saturated rings. The van der Waals surface area contributed by atoms with E-state index in [1.54, 1.807) is 18.0 Å². The van der Waals surface area contributed by atoms with Crippen molar-refractivity contribution in [1.82, 2.24) is 4.90 Å². The minimum absolute atomic E-state index is 0.127. The summed E-state index contributed by atoms with van der Waals surface area (Å²) < 4.78 is 5.22. The summed E-state index contributed by atoms with van der Waals surface area (Å²) in [5.74, 6) is 0. The highest BCUT2D eigenvalue weighted by Gasteiger charge is 2.21. The second-order valence-electron chi connectivity index (χ2n) is 4.46. The van der Waals surface area contributed by atoms with E-state index >= 15 is 0 Å². The molecule has 0 aliphatic rings. The number of nitrogens with zero attached hydrogens (tertiary/aromatic N) is 1. The highest BCUT2D eigenvalue weighted by atomic mass is 16.6. The van der Waals surface area contributed by atoms with Crippen LogP contribution in [0.5, 0.6) is 0 Å². The van der Waals surface area contributed by atoms with Crippen LogP contribution in [0.3, 0.4) is 0 Å². The van der Waals surface area contributed by atoms with Crippen LogP contribution in [-0.2, 0) is 4.74 Å². The molecule has 0 aliphatic heterocycles. The first-order chi connectivity index (χ1) is 6.28. The SMILES string of the molecule is C=CC[C@H](C)N(C)C(=O)OC(C)(C)C. The molecule has 0 heterocycles. The lowest BCUT2D eigenvalue weighted by Crippen LogP contribution is -2.39. The van der Waals surface area contributed by atoms with Crippen molar-refractivity contribution in [1.29, 1.82) is 0 Å². The van der Waals surface area contributed by atoms with Crippen molar-refractivity contribution in [3.8, 4) is 0 Å².